The molecule has 0 spiro atoms. The maximum Gasteiger partial charge on any atom is 0.251 e. The third-order valence-corrected chi connectivity index (χ3v) is 4.18. The van der Waals surface area contributed by atoms with Gasteiger partial charge in [-0.2, -0.15) is 0 Å². The van der Waals surface area contributed by atoms with Crippen LogP contribution < -0.4 is 10.6 Å². The minimum atomic E-state index is -3.16. The van der Waals surface area contributed by atoms with E-state index in [0.29, 0.717) is 23.4 Å². The molecule has 7 heteroatoms. The van der Waals surface area contributed by atoms with Gasteiger partial charge in [-0.1, -0.05) is 24.3 Å². The minimum Gasteiger partial charge on any atom is -0.348 e. The molecule has 0 aliphatic rings. The van der Waals surface area contributed by atoms with Crippen molar-refractivity contribution in [2.75, 3.05) is 11.6 Å². The van der Waals surface area contributed by atoms with E-state index >= 15 is 0 Å². The van der Waals surface area contributed by atoms with Crippen LogP contribution in [0.4, 0.5) is 5.69 Å². The molecule has 0 bridgehead atoms. The topological polar surface area (TPSA) is 92.3 Å². The molecule has 0 unspecified atom stereocenters. The van der Waals surface area contributed by atoms with E-state index in [2.05, 4.69) is 10.6 Å². The molecule has 0 atom stereocenters. The predicted octanol–water partition coefficient (Wildman–Crippen LogP) is 2.12. The van der Waals surface area contributed by atoms with Crippen LogP contribution in [0, 0.1) is 0 Å². The van der Waals surface area contributed by atoms with Crippen LogP contribution in [0.1, 0.15) is 28.4 Å². The van der Waals surface area contributed by atoms with Gasteiger partial charge in [0.05, 0.1) is 5.75 Å². The number of rotatable bonds is 6. The molecule has 2 rings (SSSR count). The van der Waals surface area contributed by atoms with Gasteiger partial charge in [0.25, 0.3) is 5.91 Å². The van der Waals surface area contributed by atoms with Gasteiger partial charge < -0.3 is 10.6 Å². The van der Waals surface area contributed by atoms with Crippen molar-refractivity contribution in [3.63, 3.8) is 0 Å². The van der Waals surface area contributed by atoms with E-state index in [1.165, 1.54) is 6.92 Å². The molecule has 0 saturated heterocycles. The van der Waals surface area contributed by atoms with E-state index in [-0.39, 0.29) is 17.6 Å². The Balaban J connectivity index is 2.03. The molecule has 0 fully saturated rings. The largest absolute Gasteiger partial charge is 0.348 e. The van der Waals surface area contributed by atoms with Gasteiger partial charge in [-0.05, 0) is 35.4 Å². The lowest BCUT2D eigenvalue weighted by molar-refractivity contribution is -0.114. The molecule has 132 valence electrons. The maximum absolute atomic E-state index is 12.3. The van der Waals surface area contributed by atoms with Crippen LogP contribution in [0.25, 0.3) is 0 Å². The first kappa shape index (κ1) is 18.7. The molecule has 0 aliphatic heterocycles. The van der Waals surface area contributed by atoms with Crippen LogP contribution >= 0.6 is 0 Å². The van der Waals surface area contributed by atoms with Crippen LogP contribution in [0.2, 0.25) is 0 Å². The molecule has 25 heavy (non-hydrogen) atoms. The summed E-state index contributed by atoms with van der Waals surface area (Å²) in [6.45, 7) is 1.72. The van der Waals surface area contributed by atoms with Crippen molar-refractivity contribution >= 4 is 27.3 Å². The van der Waals surface area contributed by atoms with Crippen molar-refractivity contribution < 1.29 is 18.0 Å². The van der Waals surface area contributed by atoms with Gasteiger partial charge in [0.1, 0.15) is 0 Å². The van der Waals surface area contributed by atoms with Crippen molar-refractivity contribution in [2.45, 2.75) is 19.2 Å². The average Bonchev–Trinajstić information content (AvgIpc) is 2.51. The molecule has 2 aromatic rings. The highest BCUT2D eigenvalue weighted by molar-refractivity contribution is 7.89. The lowest BCUT2D eigenvalue weighted by atomic mass is 10.1. The highest BCUT2D eigenvalue weighted by Crippen LogP contribution is 2.12. The smallest absolute Gasteiger partial charge is 0.251 e. The van der Waals surface area contributed by atoms with Crippen molar-refractivity contribution in [3.05, 3.63) is 65.2 Å². The number of sulfone groups is 1. The molecule has 0 aromatic heterocycles. The minimum absolute atomic E-state index is 0.104. The molecular formula is C18H20N2O4S. The predicted molar refractivity (Wildman–Crippen MR) is 96.9 cm³/mol. The standard InChI is InChI=1S/C18H20N2O4S/c1-13(21)20-17-8-4-5-14(10-17)11-19-18(22)16-7-3-6-15(9-16)12-25(2,23)24/h3-10H,11-12H2,1-2H3,(H,19,22)(H,20,21). The Morgan fingerprint density at radius 2 is 1.68 bits per heavy atom. The zero-order valence-corrected chi connectivity index (χ0v) is 14.9. The van der Waals surface area contributed by atoms with E-state index < -0.39 is 9.84 Å². The SMILES string of the molecule is CC(=O)Nc1cccc(CNC(=O)c2cccc(CS(C)(=O)=O)c2)c1. The van der Waals surface area contributed by atoms with Crippen molar-refractivity contribution in [3.8, 4) is 0 Å². The third-order valence-electron chi connectivity index (χ3n) is 3.32. The second-order valence-corrected chi connectivity index (χ2v) is 7.97. The molecule has 6 nitrogen and oxygen atoms in total. The van der Waals surface area contributed by atoms with Crippen molar-refractivity contribution in [1.29, 1.82) is 0 Å². The van der Waals surface area contributed by atoms with Gasteiger partial charge in [-0.15, -0.1) is 0 Å². The Kier molecular flexibility index (Phi) is 5.93. The summed E-state index contributed by atoms with van der Waals surface area (Å²) in [7, 11) is -3.16. The van der Waals surface area contributed by atoms with E-state index in [4.69, 9.17) is 0 Å². The number of nitrogens with one attached hydrogen (secondary N) is 2. The lowest BCUT2D eigenvalue weighted by Crippen LogP contribution is -2.23. The van der Waals surface area contributed by atoms with E-state index in [9.17, 15) is 18.0 Å². The van der Waals surface area contributed by atoms with Crippen LogP contribution in [0.5, 0.6) is 0 Å². The van der Waals surface area contributed by atoms with Crippen LogP contribution in [0.15, 0.2) is 48.5 Å². The van der Waals surface area contributed by atoms with E-state index in [1.54, 1.807) is 42.5 Å². The fourth-order valence-corrected chi connectivity index (χ4v) is 3.14. The number of anilines is 1. The summed E-state index contributed by atoms with van der Waals surface area (Å²) in [5.41, 5.74) is 2.48. The Morgan fingerprint density at radius 3 is 2.36 bits per heavy atom. The first-order chi connectivity index (χ1) is 11.7. The summed E-state index contributed by atoms with van der Waals surface area (Å²) in [5, 5.41) is 5.47. The number of carbonyl (C=O) groups excluding carboxylic acids is 2. The van der Waals surface area contributed by atoms with Crippen molar-refractivity contribution in [2.24, 2.45) is 0 Å². The zero-order valence-electron chi connectivity index (χ0n) is 14.1. The normalized spacial score (nSPS) is 11.0. The summed E-state index contributed by atoms with van der Waals surface area (Å²) in [6, 6.07) is 13.7. The van der Waals surface area contributed by atoms with Crippen LogP contribution in [-0.4, -0.2) is 26.5 Å². The highest BCUT2D eigenvalue weighted by atomic mass is 32.2. The highest BCUT2D eigenvalue weighted by Gasteiger charge is 2.09. The summed E-state index contributed by atoms with van der Waals surface area (Å²) in [4.78, 5) is 23.4. The summed E-state index contributed by atoms with van der Waals surface area (Å²) >= 11 is 0. The molecule has 0 saturated carbocycles. The van der Waals surface area contributed by atoms with Gasteiger partial charge in [0, 0.05) is 31.0 Å². The van der Waals surface area contributed by atoms with Gasteiger partial charge in [0.15, 0.2) is 9.84 Å². The molecular weight excluding hydrogens is 340 g/mol. The average molecular weight is 360 g/mol. The molecule has 2 aromatic carbocycles. The Bertz CT molecular complexity index is 891. The number of amides is 2. The molecule has 2 amide bonds. The number of carbonyl (C=O) groups is 2. The number of benzene rings is 2. The molecule has 0 aliphatic carbocycles. The summed E-state index contributed by atoms with van der Waals surface area (Å²) in [5.74, 6) is -0.559. The van der Waals surface area contributed by atoms with E-state index in [1.807, 2.05) is 6.07 Å². The fourth-order valence-electron chi connectivity index (χ4n) is 2.35. The zero-order chi connectivity index (χ0) is 18.4. The maximum atomic E-state index is 12.3. The van der Waals surface area contributed by atoms with Crippen LogP contribution in [-0.2, 0) is 26.9 Å². The van der Waals surface area contributed by atoms with Gasteiger partial charge >= 0.3 is 0 Å². The third kappa shape index (κ3) is 6.39. The summed E-state index contributed by atoms with van der Waals surface area (Å²) in [6.07, 6.45) is 1.15. The number of hydrogen-bond donors (Lipinski definition) is 2. The number of hydrogen-bond acceptors (Lipinski definition) is 4. The van der Waals surface area contributed by atoms with Gasteiger partial charge in [0.2, 0.25) is 5.91 Å². The molecule has 2 N–H and O–H groups in total. The quantitative estimate of drug-likeness (QED) is 0.825. The van der Waals surface area contributed by atoms with Crippen LogP contribution in [0.3, 0.4) is 0 Å². The molecule has 0 radical (unpaired) electrons. The van der Waals surface area contributed by atoms with Crippen molar-refractivity contribution in [1.82, 2.24) is 5.32 Å². The second-order valence-electron chi connectivity index (χ2n) is 5.83. The second kappa shape index (κ2) is 7.94. The Hall–Kier alpha value is -2.67. The first-order valence-electron chi connectivity index (χ1n) is 7.64. The summed E-state index contributed by atoms with van der Waals surface area (Å²) < 4.78 is 22.7. The van der Waals surface area contributed by atoms with Gasteiger partial charge in [-0.3, -0.25) is 9.59 Å². The Labute approximate surface area is 147 Å². The monoisotopic (exact) mass is 360 g/mol. The Morgan fingerprint density at radius 1 is 1.00 bits per heavy atom. The molecule has 0 heterocycles. The lowest BCUT2D eigenvalue weighted by Gasteiger charge is -2.09. The fraction of sp³-hybridized carbons (Fsp3) is 0.222. The van der Waals surface area contributed by atoms with E-state index in [0.717, 1.165) is 11.8 Å². The first-order valence-corrected chi connectivity index (χ1v) is 9.70. The van der Waals surface area contributed by atoms with Gasteiger partial charge in [-0.25, -0.2) is 8.42 Å².